The van der Waals surface area contributed by atoms with Crippen LogP contribution in [0.1, 0.15) is 25.2 Å². The summed E-state index contributed by atoms with van der Waals surface area (Å²) in [6.45, 7) is 8.75. The zero-order valence-electron chi connectivity index (χ0n) is 19.8. The quantitative estimate of drug-likeness (QED) is 0.181. The standard InChI is InChI=1S/C26H26N2O6.ClH/c1-4-28(5-2)12-14-32-23-19-10-13-31-24(19)26(22-20(29)15-17(3)33-25(22)23)34-21(30)9-8-18-7-6-11-27-16-18;/h6-11,13,15-16H,4-5,12,14H2,1-3H3;1H/b9-8+;. The molecule has 9 heteroatoms. The Morgan fingerprint density at radius 3 is 2.69 bits per heavy atom. The van der Waals surface area contributed by atoms with E-state index in [1.807, 2.05) is 0 Å². The van der Waals surface area contributed by atoms with Crippen LogP contribution in [-0.4, -0.2) is 42.1 Å². The largest absolute Gasteiger partial charge is 0.488 e. The monoisotopic (exact) mass is 498 g/mol. The summed E-state index contributed by atoms with van der Waals surface area (Å²) in [5, 5.41) is 0.647. The van der Waals surface area contributed by atoms with Gasteiger partial charge in [-0.25, -0.2) is 4.79 Å². The van der Waals surface area contributed by atoms with Crippen LogP contribution in [0.2, 0.25) is 0 Å². The molecule has 0 aliphatic heterocycles. The summed E-state index contributed by atoms with van der Waals surface area (Å²) in [7, 11) is 0. The molecule has 0 saturated carbocycles. The van der Waals surface area contributed by atoms with Crippen molar-refractivity contribution in [3.05, 3.63) is 70.5 Å². The van der Waals surface area contributed by atoms with Gasteiger partial charge in [-0.2, -0.15) is 0 Å². The lowest BCUT2D eigenvalue weighted by Gasteiger charge is -2.19. The molecular weight excluding hydrogens is 472 g/mol. The Bertz CT molecular complexity index is 1390. The van der Waals surface area contributed by atoms with Crippen LogP contribution in [0.3, 0.4) is 0 Å². The predicted molar refractivity (Wildman–Crippen MR) is 136 cm³/mol. The maximum atomic E-state index is 13.0. The second-order valence-corrected chi connectivity index (χ2v) is 7.66. The highest BCUT2D eigenvalue weighted by molar-refractivity contribution is 6.08. The summed E-state index contributed by atoms with van der Waals surface area (Å²) in [6, 6.07) is 6.61. The third-order valence-corrected chi connectivity index (χ3v) is 5.47. The van der Waals surface area contributed by atoms with Gasteiger partial charge in [0.1, 0.15) is 17.8 Å². The number of carbonyl (C=O) groups excluding carboxylic acids is 1. The molecule has 184 valence electrons. The number of rotatable bonds is 9. The summed E-state index contributed by atoms with van der Waals surface area (Å²) < 4.78 is 23.3. The maximum absolute atomic E-state index is 13.0. The first-order valence-electron chi connectivity index (χ1n) is 11.1. The third-order valence-electron chi connectivity index (χ3n) is 5.47. The molecule has 0 aliphatic rings. The van der Waals surface area contributed by atoms with Gasteiger partial charge in [0.15, 0.2) is 28.1 Å². The molecule has 0 spiro atoms. The molecule has 0 aliphatic carbocycles. The molecule has 35 heavy (non-hydrogen) atoms. The van der Waals surface area contributed by atoms with Crippen LogP contribution in [0, 0.1) is 6.92 Å². The molecule has 0 saturated heterocycles. The van der Waals surface area contributed by atoms with E-state index in [-0.39, 0.29) is 40.1 Å². The lowest BCUT2D eigenvalue weighted by molar-refractivity contribution is -0.128. The number of halogens is 1. The third kappa shape index (κ3) is 5.72. The predicted octanol–water partition coefficient (Wildman–Crippen LogP) is 5.00. The van der Waals surface area contributed by atoms with Gasteiger partial charge in [0.05, 0.1) is 11.6 Å². The van der Waals surface area contributed by atoms with E-state index >= 15 is 0 Å². The highest BCUT2D eigenvalue weighted by Crippen LogP contribution is 2.42. The average Bonchev–Trinajstić information content (AvgIpc) is 3.32. The highest BCUT2D eigenvalue weighted by Gasteiger charge is 2.24. The molecule has 1 aromatic carbocycles. The molecule has 0 atom stereocenters. The minimum Gasteiger partial charge on any atom is -0.488 e. The number of aryl methyl sites for hydroxylation is 1. The number of fused-ring (bicyclic) bond motifs is 2. The molecular formula is C26H27ClN2O6. The van der Waals surface area contributed by atoms with Crippen LogP contribution in [0.5, 0.6) is 11.5 Å². The first-order chi connectivity index (χ1) is 16.5. The lowest BCUT2D eigenvalue weighted by atomic mass is 10.1. The van der Waals surface area contributed by atoms with Gasteiger partial charge in [-0.15, -0.1) is 12.4 Å². The van der Waals surface area contributed by atoms with Crippen LogP contribution in [0.15, 0.2) is 62.6 Å². The molecule has 8 nitrogen and oxygen atoms in total. The molecule has 0 unspecified atom stereocenters. The summed E-state index contributed by atoms with van der Waals surface area (Å²) in [4.78, 5) is 31.9. The zero-order valence-corrected chi connectivity index (χ0v) is 20.6. The van der Waals surface area contributed by atoms with E-state index in [1.54, 1.807) is 43.6 Å². The Hall–Kier alpha value is -3.62. The van der Waals surface area contributed by atoms with Crippen molar-refractivity contribution in [2.45, 2.75) is 20.8 Å². The van der Waals surface area contributed by atoms with Gasteiger partial charge < -0.3 is 23.2 Å². The Morgan fingerprint density at radius 2 is 1.97 bits per heavy atom. The maximum Gasteiger partial charge on any atom is 0.336 e. The first kappa shape index (κ1) is 26.0. The molecule has 0 fully saturated rings. The SMILES string of the molecule is CCN(CC)CCOc1c2ccoc2c(OC(=O)/C=C/c2cccnc2)c2c(=O)cc(C)oc12.Cl. The van der Waals surface area contributed by atoms with E-state index in [0.29, 0.717) is 30.0 Å². The zero-order chi connectivity index (χ0) is 24.1. The number of likely N-dealkylation sites (N-methyl/N-ethyl adjacent to an activating group) is 1. The first-order valence-corrected chi connectivity index (χ1v) is 11.1. The van der Waals surface area contributed by atoms with Crippen LogP contribution < -0.4 is 14.9 Å². The summed E-state index contributed by atoms with van der Waals surface area (Å²) in [5.41, 5.74) is 0.839. The number of furan rings is 1. The van der Waals surface area contributed by atoms with Gasteiger partial charge >= 0.3 is 5.97 Å². The number of pyridine rings is 1. The minimum atomic E-state index is -0.668. The van der Waals surface area contributed by atoms with Crippen LogP contribution >= 0.6 is 12.4 Å². The number of hydrogen-bond acceptors (Lipinski definition) is 8. The number of ether oxygens (including phenoxy) is 2. The molecule has 3 aromatic heterocycles. The number of esters is 1. The van der Waals surface area contributed by atoms with Crippen molar-refractivity contribution in [3.8, 4) is 11.5 Å². The van der Waals surface area contributed by atoms with Crippen molar-refractivity contribution in [1.82, 2.24) is 9.88 Å². The van der Waals surface area contributed by atoms with Crippen molar-refractivity contribution in [2.24, 2.45) is 0 Å². The van der Waals surface area contributed by atoms with Gasteiger partial charge in [-0.05, 0) is 43.8 Å². The molecule has 4 rings (SSSR count). The van der Waals surface area contributed by atoms with Gasteiger partial charge in [0.2, 0.25) is 0 Å². The number of hydrogen-bond donors (Lipinski definition) is 0. The van der Waals surface area contributed by atoms with E-state index in [0.717, 1.165) is 18.7 Å². The summed E-state index contributed by atoms with van der Waals surface area (Å²) in [5.74, 6) is 0.138. The summed E-state index contributed by atoms with van der Waals surface area (Å²) in [6.07, 6.45) is 7.56. The molecule has 0 N–H and O–H groups in total. The van der Waals surface area contributed by atoms with Crippen molar-refractivity contribution in [2.75, 3.05) is 26.2 Å². The van der Waals surface area contributed by atoms with Gasteiger partial charge in [0.25, 0.3) is 0 Å². The number of nitrogens with zero attached hydrogens (tertiary/aromatic N) is 2. The van der Waals surface area contributed by atoms with Crippen molar-refractivity contribution in [3.63, 3.8) is 0 Å². The van der Waals surface area contributed by atoms with E-state index < -0.39 is 5.97 Å². The Labute approximate surface area is 208 Å². The Kier molecular flexibility index (Phi) is 8.68. The molecule has 0 radical (unpaired) electrons. The second-order valence-electron chi connectivity index (χ2n) is 7.66. The van der Waals surface area contributed by atoms with Crippen molar-refractivity contribution < 1.29 is 23.1 Å². The number of carbonyl (C=O) groups is 1. The number of aromatic nitrogens is 1. The van der Waals surface area contributed by atoms with Crippen LogP contribution in [0.25, 0.3) is 28.0 Å². The van der Waals surface area contributed by atoms with Gasteiger partial charge in [-0.1, -0.05) is 19.9 Å². The molecule has 3 heterocycles. The smallest absolute Gasteiger partial charge is 0.336 e. The molecule has 0 amide bonds. The highest BCUT2D eigenvalue weighted by atomic mass is 35.5. The average molecular weight is 499 g/mol. The van der Waals surface area contributed by atoms with Crippen LogP contribution in [0.4, 0.5) is 0 Å². The molecule has 4 aromatic rings. The minimum absolute atomic E-state index is 0. The van der Waals surface area contributed by atoms with E-state index in [9.17, 15) is 9.59 Å². The van der Waals surface area contributed by atoms with E-state index in [4.69, 9.17) is 18.3 Å². The Morgan fingerprint density at radius 1 is 1.17 bits per heavy atom. The fourth-order valence-electron chi connectivity index (χ4n) is 3.72. The Balaban J connectivity index is 0.00000342. The fourth-order valence-corrected chi connectivity index (χ4v) is 3.72. The topological polar surface area (TPSA) is 95.0 Å². The van der Waals surface area contributed by atoms with Gasteiger partial charge in [0, 0.05) is 31.1 Å². The summed E-state index contributed by atoms with van der Waals surface area (Å²) >= 11 is 0. The van der Waals surface area contributed by atoms with Crippen molar-refractivity contribution in [1.29, 1.82) is 0 Å². The van der Waals surface area contributed by atoms with Crippen LogP contribution in [-0.2, 0) is 4.79 Å². The van der Waals surface area contributed by atoms with E-state index in [1.165, 1.54) is 18.4 Å². The second kappa shape index (κ2) is 11.7. The lowest BCUT2D eigenvalue weighted by Crippen LogP contribution is -2.28. The van der Waals surface area contributed by atoms with Gasteiger partial charge in [-0.3, -0.25) is 9.78 Å². The number of benzene rings is 1. The fraction of sp³-hybridized carbons (Fsp3) is 0.269. The van der Waals surface area contributed by atoms with Crippen molar-refractivity contribution >= 4 is 46.4 Å². The molecule has 0 bridgehead atoms. The normalized spacial score (nSPS) is 11.3. The van der Waals surface area contributed by atoms with E-state index in [2.05, 4.69) is 23.7 Å².